The summed E-state index contributed by atoms with van der Waals surface area (Å²) in [6.07, 6.45) is 3.23. The average Bonchev–Trinajstić information content (AvgIpc) is 3.21. The number of ketones is 1. The molecule has 0 saturated carbocycles. The third-order valence-electron chi connectivity index (χ3n) is 4.69. The molecule has 1 aromatic heterocycles. The third-order valence-corrected chi connectivity index (χ3v) is 4.69. The summed E-state index contributed by atoms with van der Waals surface area (Å²) in [5.74, 6) is -1.81. The van der Waals surface area contributed by atoms with E-state index in [1.165, 1.54) is 0 Å². The Morgan fingerprint density at radius 2 is 1.45 bits per heavy atom. The van der Waals surface area contributed by atoms with E-state index in [1.54, 1.807) is 72.5 Å². The molecule has 0 saturated heterocycles. The Kier molecular flexibility index (Phi) is 4.56. The molecule has 1 aliphatic rings. The quantitative estimate of drug-likeness (QED) is 0.538. The summed E-state index contributed by atoms with van der Waals surface area (Å²) < 4.78 is 1.66. The van der Waals surface area contributed by atoms with Crippen LogP contribution >= 0.6 is 0 Å². The zero-order chi connectivity index (χ0) is 20.5. The normalized spacial score (nSPS) is 12.8. The van der Waals surface area contributed by atoms with Gasteiger partial charge in [0.2, 0.25) is 5.91 Å². The van der Waals surface area contributed by atoms with E-state index in [-0.39, 0.29) is 16.9 Å². The molecule has 2 aromatic carbocycles. The maximum atomic E-state index is 12.8. The number of aromatic nitrogens is 1. The zero-order valence-corrected chi connectivity index (χ0v) is 15.6. The molecule has 0 spiro atoms. The Hall–Kier alpha value is -4.00. The lowest BCUT2D eigenvalue weighted by atomic mass is 10.1. The van der Waals surface area contributed by atoms with Crippen LogP contribution in [0.2, 0.25) is 0 Å². The van der Waals surface area contributed by atoms with E-state index >= 15 is 0 Å². The van der Waals surface area contributed by atoms with Crippen LogP contribution in [0.4, 0.5) is 5.69 Å². The molecule has 1 N–H and O–H groups in total. The molecule has 0 aliphatic carbocycles. The second-order valence-corrected chi connectivity index (χ2v) is 6.74. The van der Waals surface area contributed by atoms with Gasteiger partial charge in [0.25, 0.3) is 11.8 Å². The Morgan fingerprint density at radius 1 is 0.862 bits per heavy atom. The molecule has 2 heterocycles. The van der Waals surface area contributed by atoms with E-state index in [0.717, 1.165) is 4.90 Å². The maximum absolute atomic E-state index is 12.8. The van der Waals surface area contributed by atoms with Crippen molar-refractivity contribution < 1.29 is 19.2 Å². The number of nitrogens with one attached hydrogen (secondary N) is 1. The number of rotatable bonds is 5. The summed E-state index contributed by atoms with van der Waals surface area (Å²) in [6.45, 7) is -0.430. The van der Waals surface area contributed by atoms with E-state index in [9.17, 15) is 19.2 Å². The first-order chi connectivity index (χ1) is 14.0. The van der Waals surface area contributed by atoms with E-state index in [0.29, 0.717) is 16.8 Å². The average molecular weight is 387 g/mol. The van der Waals surface area contributed by atoms with Crippen molar-refractivity contribution in [1.29, 1.82) is 0 Å². The van der Waals surface area contributed by atoms with Crippen LogP contribution in [-0.2, 0) is 11.8 Å². The Labute approximate surface area is 166 Å². The van der Waals surface area contributed by atoms with Crippen molar-refractivity contribution in [2.45, 2.75) is 0 Å². The van der Waals surface area contributed by atoms with E-state index in [4.69, 9.17) is 0 Å². The predicted octanol–water partition coefficient (Wildman–Crippen LogP) is 2.49. The van der Waals surface area contributed by atoms with E-state index < -0.39 is 24.3 Å². The van der Waals surface area contributed by atoms with Crippen molar-refractivity contribution in [2.24, 2.45) is 7.05 Å². The van der Waals surface area contributed by atoms with Crippen molar-refractivity contribution in [1.82, 2.24) is 9.47 Å². The number of carbonyl (C=O) groups excluding carboxylic acids is 4. The number of amides is 3. The summed E-state index contributed by atoms with van der Waals surface area (Å²) in [5, 5.41) is 2.65. The van der Waals surface area contributed by atoms with Crippen LogP contribution in [0.1, 0.15) is 36.6 Å². The van der Waals surface area contributed by atoms with Gasteiger partial charge in [0, 0.05) is 25.0 Å². The Balaban J connectivity index is 1.52. The number of carbonyl (C=O) groups is 4. The van der Waals surface area contributed by atoms with Gasteiger partial charge in [-0.25, -0.2) is 0 Å². The number of hydrogen-bond acceptors (Lipinski definition) is 4. The first kappa shape index (κ1) is 18.4. The van der Waals surface area contributed by atoms with E-state index in [2.05, 4.69) is 5.32 Å². The summed E-state index contributed by atoms with van der Waals surface area (Å²) in [5.41, 5.74) is 1.71. The summed E-state index contributed by atoms with van der Waals surface area (Å²) in [7, 11) is 1.74. The SMILES string of the molecule is Cn1cc(NC(=O)CN2C(=O)c3ccccc3C2=O)c(C(=O)c2ccccc2)c1. The first-order valence-electron chi connectivity index (χ1n) is 8.96. The minimum absolute atomic E-state index is 0.234. The second kappa shape index (κ2) is 7.20. The van der Waals surface area contributed by atoms with Crippen LogP contribution in [0.25, 0.3) is 0 Å². The lowest BCUT2D eigenvalue weighted by Crippen LogP contribution is -2.37. The zero-order valence-electron chi connectivity index (χ0n) is 15.6. The number of aryl methyl sites for hydroxylation is 1. The van der Waals surface area contributed by atoms with Crippen LogP contribution < -0.4 is 5.32 Å². The minimum atomic E-state index is -0.562. The van der Waals surface area contributed by atoms with Crippen molar-refractivity contribution in [3.05, 3.63) is 89.2 Å². The molecule has 0 radical (unpaired) electrons. The standard InChI is InChI=1S/C22H17N3O4/c1-24-11-17(20(27)14-7-3-2-4-8-14)18(12-24)23-19(26)13-25-21(28)15-9-5-6-10-16(15)22(25)29/h2-12H,13H2,1H3,(H,23,26). The largest absolute Gasteiger partial charge is 0.354 e. The van der Waals surface area contributed by atoms with Gasteiger partial charge in [0.1, 0.15) is 6.54 Å². The highest BCUT2D eigenvalue weighted by molar-refractivity contribution is 6.23. The number of fused-ring (bicyclic) bond motifs is 1. The first-order valence-corrected chi connectivity index (χ1v) is 8.96. The van der Waals surface area contributed by atoms with Crippen LogP contribution in [0.3, 0.4) is 0 Å². The fraction of sp³-hybridized carbons (Fsp3) is 0.0909. The second-order valence-electron chi connectivity index (χ2n) is 6.74. The highest BCUT2D eigenvalue weighted by Crippen LogP contribution is 2.23. The molecule has 3 amide bonds. The molecule has 0 bridgehead atoms. The minimum Gasteiger partial charge on any atom is -0.354 e. The topological polar surface area (TPSA) is 88.5 Å². The third kappa shape index (κ3) is 3.34. The monoisotopic (exact) mass is 387 g/mol. The van der Waals surface area contributed by atoms with Gasteiger partial charge >= 0.3 is 0 Å². The highest BCUT2D eigenvalue weighted by Gasteiger charge is 2.36. The molecule has 1 aliphatic heterocycles. The van der Waals surface area contributed by atoms with Gasteiger partial charge in [0.15, 0.2) is 5.78 Å². The molecule has 0 unspecified atom stereocenters. The lowest BCUT2D eigenvalue weighted by Gasteiger charge is -2.13. The summed E-state index contributed by atoms with van der Waals surface area (Å²) >= 11 is 0. The smallest absolute Gasteiger partial charge is 0.262 e. The molecule has 4 rings (SSSR count). The molecular formula is C22H17N3O4. The molecule has 0 atom stereocenters. The van der Waals surface area contributed by atoms with Crippen LogP contribution in [0.15, 0.2) is 67.0 Å². The number of hydrogen-bond donors (Lipinski definition) is 1. The van der Waals surface area contributed by atoms with Gasteiger partial charge in [-0.05, 0) is 12.1 Å². The summed E-state index contributed by atoms with van der Waals surface area (Å²) in [4.78, 5) is 51.1. The predicted molar refractivity (Wildman–Crippen MR) is 106 cm³/mol. The molecule has 7 nitrogen and oxygen atoms in total. The van der Waals surface area contributed by atoms with Crippen molar-refractivity contribution in [3.63, 3.8) is 0 Å². The van der Waals surface area contributed by atoms with Gasteiger partial charge in [-0.1, -0.05) is 42.5 Å². The number of imide groups is 1. The Bertz CT molecular complexity index is 1110. The number of anilines is 1. The van der Waals surface area contributed by atoms with Crippen molar-refractivity contribution in [2.75, 3.05) is 11.9 Å². The molecule has 144 valence electrons. The van der Waals surface area contributed by atoms with Crippen LogP contribution in [-0.4, -0.2) is 39.5 Å². The molecular weight excluding hydrogens is 370 g/mol. The number of benzene rings is 2. The fourth-order valence-electron chi connectivity index (χ4n) is 3.33. The number of nitrogens with zero attached hydrogens (tertiary/aromatic N) is 2. The van der Waals surface area contributed by atoms with Gasteiger partial charge < -0.3 is 9.88 Å². The molecule has 29 heavy (non-hydrogen) atoms. The van der Waals surface area contributed by atoms with E-state index in [1.807, 2.05) is 6.07 Å². The van der Waals surface area contributed by atoms with Crippen LogP contribution in [0.5, 0.6) is 0 Å². The summed E-state index contributed by atoms with van der Waals surface area (Å²) in [6, 6.07) is 15.2. The van der Waals surface area contributed by atoms with Crippen molar-refractivity contribution >= 4 is 29.2 Å². The van der Waals surface area contributed by atoms with Gasteiger partial charge in [-0.15, -0.1) is 0 Å². The van der Waals surface area contributed by atoms with Crippen LogP contribution in [0, 0.1) is 0 Å². The molecule has 7 heteroatoms. The van der Waals surface area contributed by atoms with Gasteiger partial charge in [-0.2, -0.15) is 0 Å². The van der Waals surface area contributed by atoms with Gasteiger partial charge in [-0.3, -0.25) is 24.1 Å². The van der Waals surface area contributed by atoms with Crippen molar-refractivity contribution in [3.8, 4) is 0 Å². The molecule has 0 fully saturated rings. The highest BCUT2D eigenvalue weighted by atomic mass is 16.2. The molecule has 3 aromatic rings. The maximum Gasteiger partial charge on any atom is 0.262 e. The van der Waals surface area contributed by atoms with Gasteiger partial charge in [0.05, 0.1) is 22.4 Å². The lowest BCUT2D eigenvalue weighted by molar-refractivity contribution is -0.116. The Morgan fingerprint density at radius 3 is 2.07 bits per heavy atom. The fourth-order valence-corrected chi connectivity index (χ4v) is 3.33.